The third-order valence-corrected chi connectivity index (χ3v) is 5.47. The number of likely N-dealkylation sites (tertiary alicyclic amines) is 1. The van der Waals surface area contributed by atoms with Gasteiger partial charge in [-0.05, 0) is 76.5 Å². The number of benzene rings is 1. The zero-order chi connectivity index (χ0) is 17.5. The number of hydrogen-bond donors (Lipinski definition) is 1. The number of halogens is 2. The fourth-order valence-corrected chi connectivity index (χ4v) is 3.98. The van der Waals surface area contributed by atoms with Gasteiger partial charge in [0.15, 0.2) is 0 Å². The lowest BCUT2D eigenvalue weighted by Crippen LogP contribution is -2.36. The van der Waals surface area contributed by atoms with Crippen molar-refractivity contribution in [2.75, 3.05) is 33.2 Å². The van der Waals surface area contributed by atoms with Crippen molar-refractivity contribution in [2.45, 2.75) is 38.1 Å². The Morgan fingerprint density at radius 3 is 2.67 bits per heavy atom. The highest BCUT2D eigenvalue weighted by molar-refractivity contribution is 6.35. The third-order valence-electron chi connectivity index (χ3n) is 4.76. The van der Waals surface area contributed by atoms with E-state index in [9.17, 15) is 4.79 Å². The van der Waals surface area contributed by atoms with Crippen molar-refractivity contribution in [3.8, 4) is 0 Å². The van der Waals surface area contributed by atoms with Crippen molar-refractivity contribution in [1.29, 1.82) is 0 Å². The minimum Gasteiger partial charge on any atom is -0.480 e. The lowest BCUT2D eigenvalue weighted by atomic mass is 10.1. The summed E-state index contributed by atoms with van der Waals surface area (Å²) in [6, 6.07) is 6.01. The minimum atomic E-state index is -0.754. The molecule has 1 aromatic rings. The molecule has 0 bridgehead atoms. The van der Waals surface area contributed by atoms with E-state index < -0.39 is 5.97 Å². The van der Waals surface area contributed by atoms with Crippen LogP contribution in [0, 0.1) is 0 Å². The zero-order valence-electron chi connectivity index (χ0n) is 14.2. The fourth-order valence-electron chi connectivity index (χ4n) is 3.40. The van der Waals surface area contributed by atoms with Crippen LogP contribution in [0.15, 0.2) is 18.2 Å². The minimum absolute atomic E-state index is 0.121. The lowest BCUT2D eigenvalue weighted by Gasteiger charge is -2.25. The molecular weight excluding hydrogens is 347 g/mol. The van der Waals surface area contributed by atoms with Crippen molar-refractivity contribution in [1.82, 2.24) is 9.80 Å². The van der Waals surface area contributed by atoms with Crippen molar-refractivity contribution < 1.29 is 9.90 Å². The molecule has 0 radical (unpaired) electrons. The highest BCUT2D eigenvalue weighted by Crippen LogP contribution is 2.25. The van der Waals surface area contributed by atoms with Crippen LogP contribution in [0.4, 0.5) is 0 Å². The molecule has 134 valence electrons. The van der Waals surface area contributed by atoms with E-state index in [1.54, 1.807) is 0 Å². The number of nitrogens with zero attached hydrogens (tertiary/aromatic N) is 2. The maximum atomic E-state index is 10.9. The predicted octanol–water partition coefficient (Wildman–Crippen LogP) is 3.80. The Kier molecular flexibility index (Phi) is 7.82. The number of carboxylic acid groups (broad SMARTS) is 1. The Morgan fingerprint density at radius 2 is 2.00 bits per heavy atom. The molecule has 0 aliphatic carbocycles. The summed E-state index contributed by atoms with van der Waals surface area (Å²) in [5.41, 5.74) is 1.04. The number of carboxylic acids is 1. The monoisotopic (exact) mass is 372 g/mol. The molecule has 1 heterocycles. The van der Waals surface area contributed by atoms with E-state index in [0.717, 1.165) is 67.3 Å². The van der Waals surface area contributed by atoms with Crippen molar-refractivity contribution >= 4 is 29.2 Å². The predicted molar refractivity (Wildman–Crippen MR) is 99.1 cm³/mol. The SMILES string of the molecule is CN(CC(=O)O)C1CCCN(CCCc2c(Cl)cccc2Cl)CC1. The molecule has 1 atom stereocenters. The van der Waals surface area contributed by atoms with Gasteiger partial charge in [0, 0.05) is 16.1 Å². The smallest absolute Gasteiger partial charge is 0.317 e. The Hall–Kier alpha value is -0.810. The van der Waals surface area contributed by atoms with Gasteiger partial charge >= 0.3 is 5.97 Å². The number of hydrogen-bond acceptors (Lipinski definition) is 3. The Bertz CT molecular complexity index is 534. The summed E-state index contributed by atoms with van der Waals surface area (Å²) in [4.78, 5) is 15.3. The summed E-state index contributed by atoms with van der Waals surface area (Å²) < 4.78 is 0. The van der Waals surface area contributed by atoms with Crippen LogP contribution < -0.4 is 0 Å². The lowest BCUT2D eigenvalue weighted by molar-refractivity contribution is -0.138. The molecule has 0 saturated carbocycles. The topological polar surface area (TPSA) is 43.8 Å². The Morgan fingerprint density at radius 1 is 1.29 bits per heavy atom. The van der Waals surface area contributed by atoms with Gasteiger partial charge in [0.25, 0.3) is 0 Å². The first-order chi connectivity index (χ1) is 11.5. The average Bonchev–Trinajstić information content (AvgIpc) is 2.75. The molecule has 1 saturated heterocycles. The van der Waals surface area contributed by atoms with Gasteiger partial charge in [0.2, 0.25) is 0 Å². The summed E-state index contributed by atoms with van der Waals surface area (Å²) in [7, 11) is 1.91. The van der Waals surface area contributed by atoms with Crippen molar-refractivity contribution in [3.05, 3.63) is 33.8 Å². The second-order valence-electron chi connectivity index (χ2n) is 6.54. The van der Waals surface area contributed by atoms with Gasteiger partial charge in [-0.2, -0.15) is 0 Å². The van der Waals surface area contributed by atoms with Gasteiger partial charge in [-0.15, -0.1) is 0 Å². The van der Waals surface area contributed by atoms with Crippen molar-refractivity contribution in [3.63, 3.8) is 0 Å². The number of likely N-dealkylation sites (N-methyl/N-ethyl adjacent to an activating group) is 1. The maximum absolute atomic E-state index is 10.9. The summed E-state index contributed by atoms with van der Waals surface area (Å²) in [6.45, 7) is 3.24. The van der Waals surface area contributed by atoms with Gasteiger partial charge in [-0.25, -0.2) is 0 Å². The average molecular weight is 373 g/mol. The molecule has 0 aromatic heterocycles. The molecular formula is C18H26Cl2N2O2. The highest BCUT2D eigenvalue weighted by Gasteiger charge is 2.21. The van der Waals surface area contributed by atoms with E-state index >= 15 is 0 Å². The van der Waals surface area contributed by atoms with Crippen LogP contribution in [-0.4, -0.2) is 60.1 Å². The van der Waals surface area contributed by atoms with Crippen molar-refractivity contribution in [2.24, 2.45) is 0 Å². The molecule has 1 unspecified atom stereocenters. The molecule has 24 heavy (non-hydrogen) atoms. The first-order valence-electron chi connectivity index (χ1n) is 8.54. The summed E-state index contributed by atoms with van der Waals surface area (Å²) >= 11 is 12.4. The first kappa shape index (κ1) is 19.5. The van der Waals surface area contributed by atoms with Crippen LogP contribution in [0.25, 0.3) is 0 Å². The number of carbonyl (C=O) groups is 1. The van der Waals surface area contributed by atoms with Gasteiger partial charge in [0.05, 0.1) is 6.54 Å². The molecule has 0 spiro atoms. The van der Waals surface area contributed by atoms with Crippen LogP contribution in [0.5, 0.6) is 0 Å². The second kappa shape index (κ2) is 9.62. The Labute approximate surface area is 154 Å². The van der Waals surface area contributed by atoms with E-state index in [1.165, 1.54) is 0 Å². The summed E-state index contributed by atoms with van der Waals surface area (Å²) in [6.07, 6.45) is 5.12. The molecule has 1 aliphatic heterocycles. The van der Waals surface area contributed by atoms with E-state index in [-0.39, 0.29) is 6.54 Å². The van der Waals surface area contributed by atoms with Gasteiger partial charge in [0.1, 0.15) is 0 Å². The van der Waals surface area contributed by atoms with Gasteiger partial charge in [-0.3, -0.25) is 9.69 Å². The largest absolute Gasteiger partial charge is 0.480 e. The van der Waals surface area contributed by atoms with Crippen LogP contribution in [0.1, 0.15) is 31.2 Å². The fraction of sp³-hybridized carbons (Fsp3) is 0.611. The zero-order valence-corrected chi connectivity index (χ0v) is 15.7. The highest BCUT2D eigenvalue weighted by atomic mass is 35.5. The van der Waals surface area contributed by atoms with E-state index in [1.807, 2.05) is 30.1 Å². The third kappa shape index (κ3) is 5.92. The van der Waals surface area contributed by atoms with Gasteiger partial charge in [-0.1, -0.05) is 29.3 Å². The standard InChI is InChI=1S/C18H26Cl2N2O2/c1-21(13-18(23)24)14-5-3-10-22(12-9-14)11-4-6-15-16(19)7-2-8-17(15)20/h2,7-8,14H,3-6,9-13H2,1H3,(H,23,24). The molecule has 4 nitrogen and oxygen atoms in total. The van der Waals surface area contributed by atoms with Gasteiger partial charge < -0.3 is 10.0 Å². The summed E-state index contributed by atoms with van der Waals surface area (Å²) in [5.74, 6) is -0.754. The molecule has 1 fully saturated rings. The second-order valence-corrected chi connectivity index (χ2v) is 7.35. The maximum Gasteiger partial charge on any atom is 0.317 e. The summed E-state index contributed by atoms with van der Waals surface area (Å²) in [5, 5.41) is 10.4. The molecule has 1 N–H and O–H groups in total. The van der Waals surface area contributed by atoms with E-state index in [2.05, 4.69) is 4.90 Å². The normalized spacial score (nSPS) is 19.4. The van der Waals surface area contributed by atoms with Crippen LogP contribution in [0.2, 0.25) is 10.0 Å². The molecule has 6 heteroatoms. The molecule has 1 aromatic carbocycles. The van der Waals surface area contributed by atoms with Crippen LogP contribution in [0.3, 0.4) is 0 Å². The van der Waals surface area contributed by atoms with Crippen LogP contribution in [-0.2, 0) is 11.2 Å². The number of rotatable bonds is 7. The van der Waals surface area contributed by atoms with E-state index in [0.29, 0.717) is 6.04 Å². The molecule has 1 aliphatic rings. The van der Waals surface area contributed by atoms with E-state index in [4.69, 9.17) is 28.3 Å². The number of aliphatic carboxylic acids is 1. The van der Waals surface area contributed by atoms with Crippen LogP contribution >= 0.6 is 23.2 Å². The Balaban J connectivity index is 1.77. The molecule has 2 rings (SSSR count). The molecule has 0 amide bonds. The first-order valence-corrected chi connectivity index (χ1v) is 9.30. The quantitative estimate of drug-likeness (QED) is 0.790.